The van der Waals surface area contributed by atoms with Crippen molar-refractivity contribution in [3.8, 4) is 11.1 Å². The molecular weight excluding hydrogens is 404 g/mol. The van der Waals surface area contributed by atoms with Gasteiger partial charge in [-0.3, -0.25) is 0 Å². The Kier molecular flexibility index (Phi) is 5.60. The summed E-state index contributed by atoms with van der Waals surface area (Å²) in [5.74, 6) is 0.765. The SMILES string of the molecule is C(=C1C=c2cccc(-c3cccc4ccccc34)c2=C1)C1CCCCC1.[Zr]. The van der Waals surface area contributed by atoms with Gasteiger partial charge in [-0.25, -0.2) is 0 Å². The van der Waals surface area contributed by atoms with Gasteiger partial charge in [-0.15, -0.1) is 0 Å². The molecule has 1 saturated carbocycles. The molecule has 0 saturated heterocycles. The summed E-state index contributed by atoms with van der Waals surface area (Å²) in [5.41, 5.74) is 4.09. The summed E-state index contributed by atoms with van der Waals surface area (Å²) in [6, 6.07) is 22.1. The maximum Gasteiger partial charge on any atom is 0 e. The summed E-state index contributed by atoms with van der Waals surface area (Å²) in [7, 11) is 0. The molecule has 0 aliphatic heterocycles. The van der Waals surface area contributed by atoms with Crippen molar-refractivity contribution in [2.45, 2.75) is 32.1 Å². The van der Waals surface area contributed by atoms with Crippen molar-refractivity contribution >= 4 is 22.9 Å². The molecule has 5 rings (SSSR count). The summed E-state index contributed by atoms with van der Waals surface area (Å²) in [4.78, 5) is 0. The number of hydrogen-bond acceptors (Lipinski definition) is 0. The van der Waals surface area contributed by atoms with Crippen molar-refractivity contribution in [1.29, 1.82) is 0 Å². The Balaban J connectivity index is 0.00000180. The monoisotopic (exact) mass is 426 g/mol. The Morgan fingerprint density at radius 2 is 1.44 bits per heavy atom. The van der Waals surface area contributed by atoms with Crippen molar-refractivity contribution in [2.75, 3.05) is 0 Å². The molecule has 0 spiro atoms. The zero-order valence-electron chi connectivity index (χ0n) is 15.6. The maximum atomic E-state index is 2.52. The molecule has 2 aliphatic carbocycles. The molecule has 0 atom stereocenters. The topological polar surface area (TPSA) is 0 Å². The van der Waals surface area contributed by atoms with E-state index in [9.17, 15) is 0 Å². The van der Waals surface area contributed by atoms with E-state index in [0.29, 0.717) is 0 Å². The first-order valence-electron chi connectivity index (χ1n) is 9.91. The minimum absolute atomic E-state index is 0. The number of benzene rings is 3. The van der Waals surface area contributed by atoms with Crippen molar-refractivity contribution < 1.29 is 26.2 Å². The summed E-state index contributed by atoms with van der Waals surface area (Å²) in [6.45, 7) is 0. The average Bonchev–Trinajstić information content (AvgIpc) is 3.11. The summed E-state index contributed by atoms with van der Waals surface area (Å²) in [5, 5.41) is 5.38. The fourth-order valence-electron chi connectivity index (χ4n) is 4.62. The Morgan fingerprint density at radius 1 is 0.704 bits per heavy atom. The van der Waals surface area contributed by atoms with Gasteiger partial charge in [-0.1, -0.05) is 86.0 Å². The maximum absolute atomic E-state index is 2.52. The smallest absolute Gasteiger partial charge is 0 e. The molecule has 0 N–H and O–H groups in total. The number of hydrogen-bond donors (Lipinski definition) is 0. The van der Waals surface area contributed by atoms with Crippen molar-refractivity contribution in [3.63, 3.8) is 0 Å². The molecule has 0 nitrogen and oxygen atoms in total. The van der Waals surface area contributed by atoms with Crippen LogP contribution in [0.1, 0.15) is 32.1 Å². The molecule has 0 aromatic heterocycles. The Labute approximate surface area is 180 Å². The van der Waals surface area contributed by atoms with Crippen LogP contribution in [-0.4, -0.2) is 0 Å². The van der Waals surface area contributed by atoms with Gasteiger partial charge in [0, 0.05) is 26.2 Å². The average molecular weight is 428 g/mol. The summed E-state index contributed by atoms with van der Waals surface area (Å²) >= 11 is 0. The quantitative estimate of drug-likeness (QED) is 0.500. The van der Waals surface area contributed by atoms with Gasteiger partial charge in [-0.2, -0.15) is 0 Å². The number of allylic oxidation sites excluding steroid dienone is 2. The molecule has 2 aliphatic rings. The third-order valence-electron chi connectivity index (χ3n) is 5.93. The van der Waals surface area contributed by atoms with Gasteiger partial charge >= 0.3 is 0 Å². The van der Waals surface area contributed by atoms with Crippen LogP contribution in [0.3, 0.4) is 0 Å². The van der Waals surface area contributed by atoms with Gasteiger partial charge in [0.2, 0.25) is 0 Å². The third-order valence-corrected chi connectivity index (χ3v) is 5.93. The van der Waals surface area contributed by atoms with E-state index in [1.807, 2.05) is 0 Å². The first-order valence-corrected chi connectivity index (χ1v) is 9.91. The van der Waals surface area contributed by atoms with E-state index in [1.165, 1.54) is 70.0 Å². The Bertz CT molecular complexity index is 1110. The van der Waals surface area contributed by atoms with E-state index < -0.39 is 0 Å². The predicted octanol–water partition coefficient (Wildman–Crippen LogP) is 5.59. The van der Waals surface area contributed by atoms with Crippen LogP contribution in [0.15, 0.2) is 72.3 Å². The van der Waals surface area contributed by atoms with Crippen LogP contribution in [0.25, 0.3) is 34.1 Å². The van der Waals surface area contributed by atoms with Crippen LogP contribution in [0.4, 0.5) is 0 Å². The predicted molar refractivity (Wildman–Crippen MR) is 112 cm³/mol. The minimum Gasteiger partial charge on any atom is -0.0741 e. The molecule has 1 heteroatoms. The zero-order valence-corrected chi connectivity index (χ0v) is 18.1. The van der Waals surface area contributed by atoms with E-state index in [2.05, 4.69) is 78.9 Å². The first-order chi connectivity index (χ1) is 12.9. The third kappa shape index (κ3) is 3.67. The van der Waals surface area contributed by atoms with Gasteiger partial charge in [0.1, 0.15) is 0 Å². The molecule has 0 unspecified atom stereocenters. The Hall–Kier alpha value is -1.72. The second-order valence-corrected chi connectivity index (χ2v) is 7.69. The zero-order chi connectivity index (χ0) is 17.3. The normalized spacial score (nSPS) is 17.9. The summed E-state index contributed by atoms with van der Waals surface area (Å²) in [6.07, 6.45) is 14.2. The largest absolute Gasteiger partial charge is 0.0741 e. The van der Waals surface area contributed by atoms with Gasteiger partial charge in [0.25, 0.3) is 0 Å². The number of rotatable bonds is 2. The molecular formula is C26H24Zr. The minimum atomic E-state index is 0. The van der Waals surface area contributed by atoms with Gasteiger partial charge < -0.3 is 0 Å². The van der Waals surface area contributed by atoms with Gasteiger partial charge in [0.05, 0.1) is 0 Å². The second kappa shape index (κ2) is 8.11. The van der Waals surface area contributed by atoms with Crippen molar-refractivity contribution in [1.82, 2.24) is 0 Å². The van der Waals surface area contributed by atoms with Gasteiger partial charge in [0.15, 0.2) is 0 Å². The molecule has 3 aromatic rings. The number of fused-ring (bicyclic) bond motifs is 2. The standard InChI is InChI=1S/C26H24.Zr/c1-2-8-19(9-3-1)16-20-17-22-12-7-15-25(26(22)18-20)24-14-6-11-21-10-4-5-13-23(21)24;/h4-7,10-19H,1-3,8-9H2;. The van der Waals surface area contributed by atoms with E-state index in [4.69, 9.17) is 0 Å². The van der Waals surface area contributed by atoms with Crippen LogP contribution in [0.5, 0.6) is 0 Å². The molecule has 132 valence electrons. The van der Waals surface area contributed by atoms with E-state index >= 15 is 0 Å². The van der Waals surface area contributed by atoms with Crippen LogP contribution in [0, 0.1) is 5.92 Å². The fourth-order valence-corrected chi connectivity index (χ4v) is 4.62. The van der Waals surface area contributed by atoms with Gasteiger partial charge in [-0.05, 0) is 68.8 Å². The molecule has 0 radical (unpaired) electrons. The van der Waals surface area contributed by atoms with Crippen LogP contribution in [-0.2, 0) is 26.2 Å². The van der Waals surface area contributed by atoms with Crippen LogP contribution < -0.4 is 10.4 Å². The van der Waals surface area contributed by atoms with Crippen LogP contribution in [0.2, 0.25) is 0 Å². The first kappa shape index (κ1) is 18.6. The Morgan fingerprint density at radius 3 is 2.33 bits per heavy atom. The second-order valence-electron chi connectivity index (χ2n) is 7.69. The van der Waals surface area contributed by atoms with E-state index in [1.54, 1.807) is 0 Å². The molecule has 27 heavy (non-hydrogen) atoms. The van der Waals surface area contributed by atoms with Crippen molar-refractivity contribution in [2.24, 2.45) is 5.92 Å². The summed E-state index contributed by atoms with van der Waals surface area (Å²) < 4.78 is 0. The molecule has 0 amide bonds. The van der Waals surface area contributed by atoms with E-state index in [0.717, 1.165) is 5.92 Å². The molecule has 1 fully saturated rings. The fraction of sp³-hybridized carbons (Fsp3) is 0.231. The molecule has 0 bridgehead atoms. The van der Waals surface area contributed by atoms with Crippen LogP contribution >= 0.6 is 0 Å². The van der Waals surface area contributed by atoms with Crippen molar-refractivity contribution in [3.05, 3.63) is 82.8 Å². The van der Waals surface area contributed by atoms with E-state index in [-0.39, 0.29) is 26.2 Å². The molecule has 0 heterocycles. The molecule has 3 aromatic carbocycles.